The molecule has 1 aliphatic rings. The molecular weight excluding hydrogens is 226 g/mol. The van der Waals surface area contributed by atoms with Crippen LogP contribution in [0.5, 0.6) is 0 Å². The lowest BCUT2D eigenvalue weighted by molar-refractivity contribution is -0.0702. The maximum atomic E-state index is 10.9. The van der Waals surface area contributed by atoms with E-state index in [9.17, 15) is 4.79 Å². The first-order valence-corrected chi connectivity index (χ1v) is 6.20. The van der Waals surface area contributed by atoms with Crippen LogP contribution in [0.4, 0.5) is 0 Å². The summed E-state index contributed by atoms with van der Waals surface area (Å²) in [6, 6.07) is 0. The molecule has 1 N–H and O–H groups in total. The van der Waals surface area contributed by atoms with Gasteiger partial charge in [-0.2, -0.15) is 0 Å². The number of aromatic nitrogens is 1. The molecular formula is C11H15NO3S. The summed E-state index contributed by atoms with van der Waals surface area (Å²) in [6.07, 6.45) is 3.10. The Labute approximate surface area is 98.3 Å². The van der Waals surface area contributed by atoms with Crippen molar-refractivity contribution in [1.29, 1.82) is 0 Å². The molecule has 4 nitrogen and oxygen atoms in total. The van der Waals surface area contributed by atoms with Crippen LogP contribution >= 0.6 is 11.3 Å². The van der Waals surface area contributed by atoms with Gasteiger partial charge >= 0.3 is 5.97 Å². The summed E-state index contributed by atoms with van der Waals surface area (Å²) in [5, 5.41) is 9.76. The van der Waals surface area contributed by atoms with Gasteiger partial charge in [0.15, 0.2) is 5.69 Å². The van der Waals surface area contributed by atoms with Crippen molar-refractivity contribution in [2.24, 2.45) is 0 Å². The zero-order valence-corrected chi connectivity index (χ0v) is 10.3. The van der Waals surface area contributed by atoms with E-state index in [-0.39, 0.29) is 11.3 Å². The summed E-state index contributed by atoms with van der Waals surface area (Å²) >= 11 is 1.43. The van der Waals surface area contributed by atoms with Crippen LogP contribution in [-0.4, -0.2) is 22.7 Å². The molecule has 16 heavy (non-hydrogen) atoms. The van der Waals surface area contributed by atoms with Gasteiger partial charge < -0.3 is 9.84 Å². The van der Waals surface area contributed by atoms with Gasteiger partial charge in [-0.05, 0) is 33.1 Å². The summed E-state index contributed by atoms with van der Waals surface area (Å²) in [6.45, 7) is 4.52. The lowest BCUT2D eigenvalue weighted by atomic mass is 9.97. The SMILES string of the molecule is Cc1sc(C2(C)CCCCO2)nc1C(=O)O. The Balaban J connectivity index is 2.33. The largest absolute Gasteiger partial charge is 0.476 e. The summed E-state index contributed by atoms with van der Waals surface area (Å²) < 4.78 is 5.75. The first kappa shape index (κ1) is 11.5. The molecule has 0 radical (unpaired) electrons. The highest BCUT2D eigenvalue weighted by molar-refractivity contribution is 7.12. The number of carbonyl (C=O) groups is 1. The van der Waals surface area contributed by atoms with Crippen molar-refractivity contribution in [2.75, 3.05) is 6.61 Å². The van der Waals surface area contributed by atoms with E-state index in [1.165, 1.54) is 11.3 Å². The van der Waals surface area contributed by atoms with Crippen molar-refractivity contribution >= 4 is 17.3 Å². The summed E-state index contributed by atoms with van der Waals surface area (Å²) in [7, 11) is 0. The number of hydrogen-bond acceptors (Lipinski definition) is 4. The maximum absolute atomic E-state index is 10.9. The molecule has 1 saturated heterocycles. The summed E-state index contributed by atoms with van der Waals surface area (Å²) in [5.74, 6) is -0.959. The molecule has 88 valence electrons. The van der Waals surface area contributed by atoms with Gasteiger partial charge in [-0.15, -0.1) is 11.3 Å². The predicted molar refractivity (Wildman–Crippen MR) is 61.0 cm³/mol. The Hall–Kier alpha value is -0.940. The number of nitrogens with zero attached hydrogens (tertiary/aromatic N) is 1. The van der Waals surface area contributed by atoms with Crippen LogP contribution < -0.4 is 0 Å². The Morgan fingerprint density at radius 2 is 2.31 bits per heavy atom. The second-order valence-electron chi connectivity index (χ2n) is 4.27. The molecule has 1 unspecified atom stereocenters. The number of thiazole rings is 1. The molecule has 5 heteroatoms. The van der Waals surface area contributed by atoms with Crippen LogP contribution in [0.2, 0.25) is 0 Å². The van der Waals surface area contributed by atoms with E-state index >= 15 is 0 Å². The van der Waals surface area contributed by atoms with Gasteiger partial charge in [-0.25, -0.2) is 9.78 Å². The van der Waals surface area contributed by atoms with Crippen molar-refractivity contribution in [2.45, 2.75) is 38.7 Å². The topological polar surface area (TPSA) is 59.4 Å². The van der Waals surface area contributed by atoms with Crippen LogP contribution in [0.3, 0.4) is 0 Å². The molecule has 0 amide bonds. The molecule has 0 aliphatic carbocycles. The lowest BCUT2D eigenvalue weighted by Crippen LogP contribution is -2.30. The van der Waals surface area contributed by atoms with Crippen LogP contribution in [0.1, 0.15) is 46.6 Å². The highest BCUT2D eigenvalue weighted by atomic mass is 32.1. The molecule has 1 aliphatic heterocycles. The Morgan fingerprint density at radius 3 is 2.81 bits per heavy atom. The van der Waals surface area contributed by atoms with E-state index in [1.807, 2.05) is 6.92 Å². The Kier molecular flexibility index (Phi) is 2.99. The van der Waals surface area contributed by atoms with E-state index in [4.69, 9.17) is 9.84 Å². The summed E-state index contributed by atoms with van der Waals surface area (Å²) in [5.41, 5.74) is -0.225. The molecule has 1 aromatic rings. The number of carboxylic acid groups (broad SMARTS) is 1. The second-order valence-corrected chi connectivity index (χ2v) is 5.47. The molecule has 0 spiro atoms. The lowest BCUT2D eigenvalue weighted by Gasteiger charge is -2.31. The van der Waals surface area contributed by atoms with Crippen LogP contribution in [-0.2, 0) is 10.3 Å². The van der Waals surface area contributed by atoms with Gasteiger partial charge in [-0.3, -0.25) is 0 Å². The Morgan fingerprint density at radius 1 is 1.56 bits per heavy atom. The quantitative estimate of drug-likeness (QED) is 0.864. The van der Waals surface area contributed by atoms with E-state index in [0.29, 0.717) is 0 Å². The monoisotopic (exact) mass is 241 g/mol. The molecule has 0 aromatic carbocycles. The third-order valence-electron chi connectivity index (χ3n) is 2.92. The standard InChI is InChI=1S/C11H15NO3S/c1-7-8(9(13)14)12-10(16-7)11(2)5-3-4-6-15-11/h3-6H2,1-2H3,(H,13,14). The first-order valence-electron chi connectivity index (χ1n) is 5.38. The van der Waals surface area contributed by atoms with E-state index in [0.717, 1.165) is 35.8 Å². The predicted octanol–water partition coefficient (Wildman–Crippen LogP) is 2.57. The highest BCUT2D eigenvalue weighted by Gasteiger charge is 2.34. The zero-order valence-electron chi connectivity index (χ0n) is 9.45. The second kappa shape index (κ2) is 4.14. The van der Waals surface area contributed by atoms with Gasteiger partial charge in [0.05, 0.1) is 0 Å². The number of carboxylic acids is 1. The highest BCUT2D eigenvalue weighted by Crippen LogP contribution is 2.37. The molecule has 2 heterocycles. The van der Waals surface area contributed by atoms with E-state index in [2.05, 4.69) is 4.98 Å². The van der Waals surface area contributed by atoms with E-state index in [1.54, 1.807) is 6.92 Å². The van der Waals surface area contributed by atoms with Crippen molar-refractivity contribution in [3.05, 3.63) is 15.6 Å². The fourth-order valence-electron chi connectivity index (χ4n) is 1.92. The minimum atomic E-state index is -0.959. The van der Waals surface area contributed by atoms with Gasteiger partial charge in [0.2, 0.25) is 0 Å². The molecule has 1 fully saturated rings. The first-order chi connectivity index (χ1) is 7.53. The van der Waals surface area contributed by atoms with Crippen molar-refractivity contribution in [3.63, 3.8) is 0 Å². The van der Waals surface area contributed by atoms with Crippen molar-refractivity contribution < 1.29 is 14.6 Å². The smallest absolute Gasteiger partial charge is 0.355 e. The molecule has 1 atom stereocenters. The number of aryl methyl sites for hydroxylation is 1. The van der Waals surface area contributed by atoms with E-state index < -0.39 is 5.97 Å². The fraction of sp³-hybridized carbons (Fsp3) is 0.636. The maximum Gasteiger partial charge on any atom is 0.355 e. The minimum absolute atomic E-state index is 0.162. The zero-order chi connectivity index (χ0) is 11.8. The van der Waals surface area contributed by atoms with Crippen molar-refractivity contribution in [1.82, 2.24) is 4.98 Å². The average Bonchev–Trinajstić information content (AvgIpc) is 2.62. The Bertz CT molecular complexity index is 407. The van der Waals surface area contributed by atoms with Crippen LogP contribution in [0.15, 0.2) is 0 Å². The van der Waals surface area contributed by atoms with Crippen LogP contribution in [0.25, 0.3) is 0 Å². The normalized spacial score (nSPS) is 25.6. The minimum Gasteiger partial charge on any atom is -0.476 e. The third-order valence-corrected chi connectivity index (χ3v) is 4.14. The van der Waals surface area contributed by atoms with Gasteiger partial charge in [0.25, 0.3) is 0 Å². The fourth-order valence-corrected chi connectivity index (χ4v) is 2.96. The van der Waals surface area contributed by atoms with Crippen LogP contribution in [0, 0.1) is 6.92 Å². The molecule has 2 rings (SSSR count). The molecule has 0 bridgehead atoms. The summed E-state index contributed by atoms with van der Waals surface area (Å²) in [4.78, 5) is 15.9. The number of ether oxygens (including phenoxy) is 1. The van der Waals surface area contributed by atoms with Gasteiger partial charge in [0, 0.05) is 11.5 Å². The van der Waals surface area contributed by atoms with Gasteiger partial charge in [0.1, 0.15) is 10.6 Å². The molecule has 0 saturated carbocycles. The number of hydrogen-bond donors (Lipinski definition) is 1. The number of rotatable bonds is 2. The third kappa shape index (κ3) is 1.97. The molecule has 1 aromatic heterocycles. The van der Waals surface area contributed by atoms with Crippen molar-refractivity contribution in [3.8, 4) is 0 Å². The van der Waals surface area contributed by atoms with Gasteiger partial charge in [-0.1, -0.05) is 0 Å². The number of aromatic carboxylic acids is 1. The average molecular weight is 241 g/mol.